The van der Waals surface area contributed by atoms with Crippen LogP contribution >= 0.6 is 0 Å². The normalized spacial score (nSPS) is 27.2. The number of rotatable bonds is 4. The summed E-state index contributed by atoms with van der Waals surface area (Å²) < 4.78 is 0. The fraction of sp³-hybridized carbons (Fsp3) is 0.667. The molecular weight excluding hydrogens is 288 g/mol. The predicted molar refractivity (Wildman–Crippen MR) is 109 cm³/mol. The summed E-state index contributed by atoms with van der Waals surface area (Å²) in [6.07, 6.45) is 10.4. The average molecular weight is 329 g/mol. The van der Waals surface area contributed by atoms with Crippen molar-refractivity contribution in [3.8, 4) is 0 Å². The maximum absolute atomic E-state index is 2.43. The molecular formula is C24H40. The van der Waals surface area contributed by atoms with E-state index >= 15 is 0 Å². The molecule has 0 N–H and O–H groups in total. The lowest BCUT2D eigenvalue weighted by Gasteiger charge is -2.55. The van der Waals surface area contributed by atoms with Crippen molar-refractivity contribution in [1.29, 1.82) is 0 Å². The minimum absolute atomic E-state index is 0.173. The van der Waals surface area contributed by atoms with Gasteiger partial charge in [0.2, 0.25) is 0 Å². The van der Waals surface area contributed by atoms with Gasteiger partial charge in [0, 0.05) is 5.41 Å². The molecule has 0 heteroatoms. The maximum Gasteiger partial charge on any atom is 0.00439 e. The van der Waals surface area contributed by atoms with Gasteiger partial charge in [-0.1, -0.05) is 124 Å². The van der Waals surface area contributed by atoms with Crippen LogP contribution in [0.2, 0.25) is 0 Å². The Kier molecular flexibility index (Phi) is 7.32. The molecule has 1 aliphatic rings. The Hall–Kier alpha value is -1.04. The third kappa shape index (κ3) is 4.32. The Morgan fingerprint density at radius 2 is 1.29 bits per heavy atom. The summed E-state index contributed by atoms with van der Waals surface area (Å²) in [5, 5.41) is 0. The first-order valence-electron chi connectivity index (χ1n) is 9.89. The second kappa shape index (κ2) is 8.37. The van der Waals surface area contributed by atoms with Gasteiger partial charge in [0.25, 0.3) is 0 Å². The quantitative estimate of drug-likeness (QED) is 0.391. The van der Waals surface area contributed by atoms with E-state index in [4.69, 9.17) is 0 Å². The van der Waals surface area contributed by atoms with E-state index in [1.807, 2.05) is 0 Å². The van der Waals surface area contributed by atoms with Gasteiger partial charge in [0.1, 0.15) is 0 Å². The molecule has 1 aliphatic carbocycles. The highest BCUT2D eigenvalue weighted by atomic mass is 14.5. The zero-order chi connectivity index (χ0) is 18.4. The molecule has 2 unspecified atom stereocenters. The highest BCUT2D eigenvalue weighted by Crippen LogP contribution is 2.57. The van der Waals surface area contributed by atoms with Crippen LogP contribution in [0.25, 0.3) is 0 Å². The van der Waals surface area contributed by atoms with Crippen LogP contribution in [0.4, 0.5) is 0 Å². The van der Waals surface area contributed by atoms with Gasteiger partial charge in [0.15, 0.2) is 0 Å². The third-order valence-electron chi connectivity index (χ3n) is 6.58. The Morgan fingerprint density at radius 3 is 1.75 bits per heavy atom. The summed E-state index contributed by atoms with van der Waals surface area (Å²) in [5.74, 6) is 0.604. The first kappa shape index (κ1) is 21.0. The van der Waals surface area contributed by atoms with E-state index in [0.717, 1.165) is 0 Å². The molecule has 1 aromatic rings. The lowest BCUT2D eigenvalue weighted by atomic mass is 9.48. The van der Waals surface area contributed by atoms with Gasteiger partial charge in [-0.25, -0.2) is 0 Å². The first-order chi connectivity index (χ1) is 11.1. The molecule has 0 saturated carbocycles. The van der Waals surface area contributed by atoms with E-state index in [0.29, 0.717) is 5.92 Å². The van der Waals surface area contributed by atoms with Gasteiger partial charge in [-0.15, -0.1) is 0 Å². The summed E-state index contributed by atoms with van der Waals surface area (Å²) in [7, 11) is 0. The first-order valence-corrected chi connectivity index (χ1v) is 9.89. The van der Waals surface area contributed by atoms with Crippen LogP contribution in [-0.2, 0) is 5.41 Å². The molecule has 0 aliphatic heterocycles. The van der Waals surface area contributed by atoms with E-state index in [9.17, 15) is 0 Å². The lowest BCUT2D eigenvalue weighted by molar-refractivity contribution is 0.0723. The van der Waals surface area contributed by atoms with Crippen molar-refractivity contribution in [3.05, 3.63) is 48.0 Å². The average Bonchev–Trinajstić information content (AvgIpc) is 2.57. The number of unbranched alkanes of at least 4 members (excludes halogenated alkanes) is 3. The van der Waals surface area contributed by atoms with Gasteiger partial charge in [-0.05, 0) is 22.3 Å². The largest absolute Gasteiger partial charge is 0.0820 e. The van der Waals surface area contributed by atoms with E-state index < -0.39 is 0 Å². The highest BCUT2D eigenvalue weighted by Gasteiger charge is 2.51. The molecule has 0 nitrogen and oxygen atoms in total. The van der Waals surface area contributed by atoms with Crippen molar-refractivity contribution in [1.82, 2.24) is 0 Å². The van der Waals surface area contributed by atoms with Crippen LogP contribution in [0.3, 0.4) is 0 Å². The monoisotopic (exact) mass is 328 g/mol. The van der Waals surface area contributed by atoms with Crippen LogP contribution < -0.4 is 0 Å². The zero-order valence-electron chi connectivity index (χ0n) is 17.4. The smallest absolute Gasteiger partial charge is 0.00439 e. The minimum Gasteiger partial charge on any atom is -0.0820 e. The maximum atomic E-state index is 2.43. The second-order valence-corrected chi connectivity index (χ2v) is 8.87. The standard InChI is InChI=1S/C18H26.C6H14/c1-14-16(2,3)12-13-17(4,5)18(14,6)15-10-8-7-9-11-15;1-3-5-6-4-2/h7-14H,1-6H3;3-6H2,1-2H3. The van der Waals surface area contributed by atoms with Gasteiger partial charge in [-0.2, -0.15) is 0 Å². The molecule has 136 valence electrons. The second-order valence-electron chi connectivity index (χ2n) is 8.87. The van der Waals surface area contributed by atoms with Crippen LogP contribution in [0, 0.1) is 16.7 Å². The zero-order valence-corrected chi connectivity index (χ0v) is 17.4. The Morgan fingerprint density at radius 1 is 0.792 bits per heavy atom. The highest BCUT2D eigenvalue weighted by molar-refractivity contribution is 5.34. The minimum atomic E-state index is 0.173. The number of allylic oxidation sites excluding steroid dienone is 2. The van der Waals surface area contributed by atoms with E-state index in [2.05, 4.69) is 97.9 Å². The molecule has 0 heterocycles. The summed E-state index contributed by atoms with van der Waals surface area (Å²) in [6, 6.07) is 11.0. The molecule has 2 atom stereocenters. The van der Waals surface area contributed by atoms with Crippen molar-refractivity contribution < 1.29 is 0 Å². The van der Waals surface area contributed by atoms with Gasteiger partial charge < -0.3 is 0 Å². The topological polar surface area (TPSA) is 0 Å². The van der Waals surface area contributed by atoms with Crippen LogP contribution in [0.15, 0.2) is 42.5 Å². The summed E-state index contributed by atoms with van der Waals surface area (Å²) >= 11 is 0. The molecule has 1 aromatic carbocycles. The molecule has 0 fully saturated rings. The SMILES string of the molecule is CC1C(C)(C)C=CC(C)(C)C1(C)c1ccccc1.CCCCCC. The summed E-state index contributed by atoms with van der Waals surface area (Å²) in [4.78, 5) is 0. The molecule has 24 heavy (non-hydrogen) atoms. The Bertz CT molecular complexity index is 502. The lowest BCUT2D eigenvalue weighted by Crippen LogP contribution is -2.51. The molecule has 0 amide bonds. The van der Waals surface area contributed by atoms with E-state index in [-0.39, 0.29) is 16.2 Å². The molecule has 0 aromatic heterocycles. The van der Waals surface area contributed by atoms with Gasteiger partial charge in [-0.3, -0.25) is 0 Å². The van der Waals surface area contributed by atoms with Crippen LogP contribution in [0.1, 0.15) is 86.6 Å². The number of hydrogen-bond acceptors (Lipinski definition) is 0. The van der Waals surface area contributed by atoms with Gasteiger partial charge >= 0.3 is 0 Å². The number of benzene rings is 1. The third-order valence-corrected chi connectivity index (χ3v) is 6.58. The van der Waals surface area contributed by atoms with Crippen molar-refractivity contribution >= 4 is 0 Å². The van der Waals surface area contributed by atoms with Crippen molar-refractivity contribution in [2.24, 2.45) is 16.7 Å². The predicted octanol–water partition coefficient (Wildman–Crippen LogP) is 7.79. The molecule has 0 saturated heterocycles. The van der Waals surface area contributed by atoms with Crippen LogP contribution in [-0.4, -0.2) is 0 Å². The summed E-state index contributed by atoms with van der Waals surface area (Å²) in [5.41, 5.74) is 2.07. The van der Waals surface area contributed by atoms with Crippen molar-refractivity contribution in [2.45, 2.75) is 86.5 Å². The Labute approximate surface area is 151 Å². The Balaban J connectivity index is 0.000000413. The fourth-order valence-electron chi connectivity index (χ4n) is 3.95. The van der Waals surface area contributed by atoms with Crippen LogP contribution in [0.5, 0.6) is 0 Å². The van der Waals surface area contributed by atoms with Crippen molar-refractivity contribution in [3.63, 3.8) is 0 Å². The molecule has 0 spiro atoms. The fourth-order valence-corrected chi connectivity index (χ4v) is 3.95. The number of hydrogen-bond donors (Lipinski definition) is 0. The van der Waals surface area contributed by atoms with Gasteiger partial charge in [0.05, 0.1) is 0 Å². The molecule has 0 radical (unpaired) electrons. The van der Waals surface area contributed by atoms with Crippen molar-refractivity contribution in [2.75, 3.05) is 0 Å². The summed E-state index contributed by atoms with van der Waals surface area (Å²) in [6.45, 7) is 18.7. The van der Waals surface area contributed by atoms with E-state index in [1.165, 1.54) is 31.2 Å². The van der Waals surface area contributed by atoms with E-state index in [1.54, 1.807) is 0 Å². The molecule has 2 rings (SSSR count). The molecule has 0 bridgehead atoms.